The van der Waals surface area contributed by atoms with Gasteiger partial charge in [0.25, 0.3) is 0 Å². The van der Waals surface area contributed by atoms with Crippen LogP contribution in [0.2, 0.25) is 0 Å². The fraction of sp³-hybridized carbons (Fsp3) is 0.300. The number of fused-ring (bicyclic) bond motifs is 2. The van der Waals surface area contributed by atoms with Crippen LogP contribution < -0.4 is 15.8 Å². The maximum absolute atomic E-state index is 12.7. The Kier molecular flexibility index (Phi) is 7.84. The molecule has 2 aromatic heterocycles. The fourth-order valence-electron chi connectivity index (χ4n) is 4.94. The van der Waals surface area contributed by atoms with Gasteiger partial charge in [-0.3, -0.25) is 14.8 Å². The van der Waals surface area contributed by atoms with E-state index in [9.17, 15) is 4.79 Å². The molecule has 1 fully saturated rings. The Bertz CT molecular complexity index is 1570. The molecule has 0 bridgehead atoms. The number of nitrogens with zero attached hydrogens (tertiary/aromatic N) is 4. The van der Waals surface area contributed by atoms with E-state index in [2.05, 4.69) is 86.6 Å². The van der Waals surface area contributed by atoms with Crippen LogP contribution in [-0.2, 0) is 4.74 Å². The van der Waals surface area contributed by atoms with Crippen molar-refractivity contribution in [3.05, 3.63) is 82.7 Å². The zero-order valence-electron chi connectivity index (χ0n) is 22.8. The number of pyridine rings is 1. The third kappa shape index (κ3) is 5.90. The van der Waals surface area contributed by atoms with Crippen LogP contribution in [0.4, 0.5) is 11.4 Å². The molecule has 206 valence electrons. The lowest BCUT2D eigenvalue weighted by atomic mass is 10.1. The van der Waals surface area contributed by atoms with Crippen LogP contribution in [0, 0.1) is 6.92 Å². The summed E-state index contributed by atoms with van der Waals surface area (Å²) in [5, 5.41) is 3.68. The van der Waals surface area contributed by atoms with E-state index in [-0.39, 0.29) is 11.6 Å². The molecule has 2 N–H and O–H groups in total. The Labute approximate surface area is 242 Å². The van der Waals surface area contributed by atoms with Gasteiger partial charge in [-0.25, -0.2) is 0 Å². The molecule has 0 amide bonds. The number of anilines is 2. The first-order valence-electron chi connectivity index (χ1n) is 13.3. The van der Waals surface area contributed by atoms with E-state index in [0.29, 0.717) is 13.2 Å². The van der Waals surface area contributed by atoms with E-state index in [4.69, 9.17) is 4.74 Å². The molecule has 1 unspecified atom stereocenters. The van der Waals surface area contributed by atoms with E-state index in [0.717, 1.165) is 58.5 Å². The summed E-state index contributed by atoms with van der Waals surface area (Å²) >= 11 is 3.52. The monoisotopic (exact) mass is 572 g/mol. The predicted octanol–water partition coefficient (Wildman–Crippen LogP) is 5.31. The van der Waals surface area contributed by atoms with Gasteiger partial charge in [0, 0.05) is 68.4 Å². The number of ether oxygens (including phenoxy) is 1. The average Bonchev–Trinajstić information content (AvgIpc) is 2.96. The molecule has 1 atom stereocenters. The van der Waals surface area contributed by atoms with Crippen molar-refractivity contribution in [2.75, 3.05) is 57.2 Å². The molecular weight excluding hydrogens is 541 g/mol. The summed E-state index contributed by atoms with van der Waals surface area (Å²) in [7, 11) is 4.13. The lowest BCUT2D eigenvalue weighted by Crippen LogP contribution is -2.36. The third-order valence-electron chi connectivity index (χ3n) is 6.90. The molecular formula is C30H32N6O2S2. The molecule has 2 aliphatic heterocycles. The van der Waals surface area contributed by atoms with Gasteiger partial charge in [-0.05, 0) is 51.4 Å². The standard InChI is InChI=1S/C30H32N6O2S2/c1-19-16-32-24(17-31-19)25(18-35(2)3)33-20-7-8-26-28(13-20)39-27-6-4-5-22(30(27)40-26)23-14-21(15-29(37)34-23)36-9-11-38-12-10-36/h4-8,13-17,25,33H,9-12,18H2,1-3H3,(H,34,37). The number of aromatic amines is 1. The topological polar surface area (TPSA) is 86.4 Å². The first-order chi connectivity index (χ1) is 19.4. The van der Waals surface area contributed by atoms with Gasteiger partial charge in [0.05, 0.1) is 42.5 Å². The highest BCUT2D eigenvalue weighted by molar-refractivity contribution is 8.05. The molecule has 10 heteroatoms. The van der Waals surface area contributed by atoms with E-state index in [1.165, 1.54) is 14.7 Å². The largest absolute Gasteiger partial charge is 0.378 e. The van der Waals surface area contributed by atoms with Gasteiger partial charge < -0.3 is 24.8 Å². The summed E-state index contributed by atoms with van der Waals surface area (Å²) in [6, 6.07) is 16.6. The Morgan fingerprint density at radius 1 is 1.02 bits per heavy atom. The Morgan fingerprint density at radius 2 is 1.88 bits per heavy atom. The summed E-state index contributed by atoms with van der Waals surface area (Å²) in [5.74, 6) is 0. The minimum atomic E-state index is -0.0910. The molecule has 4 heterocycles. The Hall–Kier alpha value is -3.31. The highest BCUT2D eigenvalue weighted by Crippen LogP contribution is 2.52. The van der Waals surface area contributed by atoms with Crippen LogP contribution >= 0.6 is 23.5 Å². The van der Waals surface area contributed by atoms with Crippen molar-refractivity contribution in [2.24, 2.45) is 0 Å². The summed E-state index contributed by atoms with van der Waals surface area (Å²) in [5.41, 5.74) is 5.60. The van der Waals surface area contributed by atoms with Crippen molar-refractivity contribution >= 4 is 34.9 Å². The van der Waals surface area contributed by atoms with Gasteiger partial charge in [-0.1, -0.05) is 35.7 Å². The molecule has 6 rings (SSSR count). The summed E-state index contributed by atoms with van der Waals surface area (Å²) in [4.78, 5) is 33.9. The molecule has 8 nitrogen and oxygen atoms in total. The van der Waals surface area contributed by atoms with Crippen LogP contribution in [0.1, 0.15) is 17.4 Å². The molecule has 0 radical (unpaired) electrons. The first kappa shape index (κ1) is 26.9. The number of hydrogen-bond donors (Lipinski definition) is 2. The second kappa shape index (κ2) is 11.7. The summed E-state index contributed by atoms with van der Waals surface area (Å²) < 4.78 is 5.50. The highest BCUT2D eigenvalue weighted by Gasteiger charge is 2.23. The molecule has 0 aliphatic carbocycles. The van der Waals surface area contributed by atoms with Gasteiger partial charge >= 0.3 is 0 Å². The van der Waals surface area contributed by atoms with E-state index in [1.807, 2.05) is 19.3 Å². The number of H-pyrrole nitrogens is 1. The second-order valence-corrected chi connectivity index (χ2v) is 12.4. The minimum absolute atomic E-state index is 0.0110. The van der Waals surface area contributed by atoms with Crippen molar-refractivity contribution in [1.29, 1.82) is 0 Å². The highest BCUT2D eigenvalue weighted by atomic mass is 32.2. The first-order valence-corrected chi connectivity index (χ1v) is 15.0. The predicted molar refractivity (Wildman–Crippen MR) is 162 cm³/mol. The Balaban J connectivity index is 1.27. The zero-order chi connectivity index (χ0) is 27.6. The number of benzene rings is 2. The number of rotatable bonds is 7. The van der Waals surface area contributed by atoms with Crippen LogP contribution in [0.5, 0.6) is 0 Å². The van der Waals surface area contributed by atoms with Crippen molar-refractivity contribution in [3.63, 3.8) is 0 Å². The van der Waals surface area contributed by atoms with Crippen molar-refractivity contribution in [1.82, 2.24) is 19.9 Å². The summed E-state index contributed by atoms with van der Waals surface area (Å²) in [6.07, 6.45) is 3.67. The lowest BCUT2D eigenvalue weighted by molar-refractivity contribution is 0.122. The Morgan fingerprint density at radius 3 is 2.65 bits per heavy atom. The lowest BCUT2D eigenvalue weighted by Gasteiger charge is -2.29. The van der Waals surface area contributed by atoms with Gasteiger partial charge in [0.1, 0.15) is 0 Å². The molecule has 2 aromatic carbocycles. The minimum Gasteiger partial charge on any atom is -0.378 e. The molecule has 2 aliphatic rings. The average molecular weight is 573 g/mol. The van der Waals surface area contributed by atoms with Crippen LogP contribution in [0.15, 0.2) is 85.3 Å². The van der Waals surface area contributed by atoms with Gasteiger partial charge in [-0.15, -0.1) is 0 Å². The van der Waals surface area contributed by atoms with Crippen molar-refractivity contribution in [2.45, 2.75) is 32.5 Å². The smallest absolute Gasteiger partial charge is 0.250 e. The normalized spacial score (nSPS) is 15.4. The van der Waals surface area contributed by atoms with E-state index in [1.54, 1.807) is 29.6 Å². The maximum atomic E-state index is 12.7. The van der Waals surface area contributed by atoms with Gasteiger partial charge in [0.2, 0.25) is 5.56 Å². The quantitative estimate of drug-likeness (QED) is 0.270. The number of aryl methyl sites for hydroxylation is 1. The van der Waals surface area contributed by atoms with Crippen LogP contribution in [0.25, 0.3) is 11.3 Å². The van der Waals surface area contributed by atoms with E-state index >= 15 is 0 Å². The maximum Gasteiger partial charge on any atom is 0.250 e. The number of hydrogen-bond acceptors (Lipinski definition) is 9. The van der Waals surface area contributed by atoms with Gasteiger partial charge in [0.15, 0.2) is 0 Å². The van der Waals surface area contributed by atoms with E-state index < -0.39 is 0 Å². The SMILES string of the molecule is Cc1cnc(C(CN(C)C)Nc2ccc3c(c2)Sc2cccc(-c4cc(N5CCOCC5)cc(=O)[nH]4)c2S3)cn1. The van der Waals surface area contributed by atoms with Crippen molar-refractivity contribution < 1.29 is 4.74 Å². The number of aromatic nitrogens is 3. The fourth-order valence-corrected chi connectivity index (χ4v) is 7.36. The molecule has 0 spiro atoms. The zero-order valence-corrected chi connectivity index (χ0v) is 24.4. The molecule has 40 heavy (non-hydrogen) atoms. The van der Waals surface area contributed by atoms with Crippen LogP contribution in [-0.4, -0.2) is 66.8 Å². The van der Waals surface area contributed by atoms with Crippen LogP contribution in [0.3, 0.4) is 0 Å². The van der Waals surface area contributed by atoms with Gasteiger partial charge in [-0.2, -0.15) is 0 Å². The summed E-state index contributed by atoms with van der Waals surface area (Å²) in [6.45, 7) is 5.68. The number of likely N-dealkylation sites (N-methyl/N-ethyl adjacent to an activating group) is 1. The third-order valence-corrected chi connectivity index (χ3v) is 9.49. The second-order valence-electron chi connectivity index (χ2n) is 10.3. The molecule has 0 saturated carbocycles. The van der Waals surface area contributed by atoms with Crippen molar-refractivity contribution in [3.8, 4) is 11.3 Å². The molecule has 1 saturated heterocycles. The molecule has 4 aromatic rings. The number of morpholine rings is 1. The number of nitrogens with one attached hydrogen (secondary N) is 2.